The van der Waals surface area contributed by atoms with Gasteiger partial charge in [-0.3, -0.25) is 4.79 Å². The van der Waals surface area contributed by atoms with Gasteiger partial charge in [-0.1, -0.05) is 11.6 Å². The molecule has 5 heteroatoms. The largest absolute Gasteiger partial charge is 0.399 e. The van der Waals surface area contributed by atoms with Crippen molar-refractivity contribution in [2.45, 2.75) is 4.90 Å². The first-order chi connectivity index (χ1) is 9.10. The van der Waals surface area contributed by atoms with Crippen molar-refractivity contribution in [3.05, 3.63) is 53.1 Å². The summed E-state index contributed by atoms with van der Waals surface area (Å²) in [4.78, 5) is 13.1. The fourth-order valence-corrected chi connectivity index (χ4v) is 2.21. The highest BCUT2D eigenvalue weighted by Gasteiger charge is 2.11. The first-order valence-corrected chi connectivity index (χ1v) is 7.21. The van der Waals surface area contributed by atoms with Crippen LogP contribution in [0.25, 0.3) is 0 Å². The Morgan fingerprint density at radius 2 is 1.89 bits per heavy atom. The van der Waals surface area contributed by atoms with E-state index in [1.165, 1.54) is 0 Å². The quantitative estimate of drug-likeness (QED) is 0.666. The molecule has 0 unspecified atom stereocenters. The van der Waals surface area contributed by atoms with Crippen LogP contribution in [-0.2, 0) is 0 Å². The predicted molar refractivity (Wildman–Crippen MR) is 82.0 cm³/mol. The number of carbonyl (C=O) groups excluding carboxylic acids is 1. The van der Waals surface area contributed by atoms with E-state index in [9.17, 15) is 4.79 Å². The van der Waals surface area contributed by atoms with Crippen molar-refractivity contribution in [1.82, 2.24) is 0 Å². The second kappa shape index (κ2) is 5.99. The molecule has 0 aromatic heterocycles. The zero-order valence-corrected chi connectivity index (χ0v) is 11.9. The number of thioether (sulfide) groups is 1. The van der Waals surface area contributed by atoms with E-state index in [1.807, 2.05) is 12.3 Å². The van der Waals surface area contributed by atoms with Crippen molar-refractivity contribution >= 4 is 40.6 Å². The molecule has 0 aliphatic heterocycles. The lowest BCUT2D eigenvalue weighted by Crippen LogP contribution is -2.12. The van der Waals surface area contributed by atoms with E-state index >= 15 is 0 Å². The molecule has 0 aliphatic carbocycles. The summed E-state index contributed by atoms with van der Waals surface area (Å²) in [5, 5.41) is 3.23. The van der Waals surface area contributed by atoms with Crippen molar-refractivity contribution in [3.8, 4) is 0 Å². The third kappa shape index (κ3) is 3.43. The van der Waals surface area contributed by atoms with Crippen LogP contribution in [0.4, 0.5) is 11.4 Å². The van der Waals surface area contributed by atoms with Gasteiger partial charge in [0.1, 0.15) is 0 Å². The summed E-state index contributed by atoms with van der Waals surface area (Å²) in [6.45, 7) is 0. The number of carbonyl (C=O) groups is 1. The first-order valence-electron chi connectivity index (χ1n) is 5.60. The van der Waals surface area contributed by atoms with Gasteiger partial charge in [0.25, 0.3) is 5.91 Å². The molecule has 0 spiro atoms. The molecule has 1 amide bonds. The third-order valence-electron chi connectivity index (χ3n) is 2.59. The van der Waals surface area contributed by atoms with Crippen LogP contribution in [0.2, 0.25) is 5.02 Å². The molecule has 0 saturated carbocycles. The van der Waals surface area contributed by atoms with Crippen LogP contribution in [0.15, 0.2) is 47.4 Å². The number of anilines is 2. The highest BCUT2D eigenvalue weighted by atomic mass is 35.5. The van der Waals surface area contributed by atoms with Crippen molar-refractivity contribution in [2.75, 3.05) is 17.3 Å². The van der Waals surface area contributed by atoms with E-state index in [1.54, 1.807) is 48.2 Å². The molecular weight excluding hydrogens is 280 g/mol. The number of hydrogen-bond donors (Lipinski definition) is 2. The summed E-state index contributed by atoms with van der Waals surface area (Å²) in [7, 11) is 0. The lowest BCUT2D eigenvalue weighted by molar-refractivity contribution is 0.102. The number of halogens is 1. The van der Waals surface area contributed by atoms with E-state index in [-0.39, 0.29) is 5.91 Å². The van der Waals surface area contributed by atoms with Crippen LogP contribution in [0.1, 0.15) is 10.4 Å². The van der Waals surface area contributed by atoms with Gasteiger partial charge in [-0.25, -0.2) is 0 Å². The predicted octanol–water partition coefficient (Wildman–Crippen LogP) is 3.90. The second-order valence-electron chi connectivity index (χ2n) is 3.92. The van der Waals surface area contributed by atoms with E-state index in [0.717, 1.165) is 4.90 Å². The highest BCUT2D eigenvalue weighted by Crippen LogP contribution is 2.24. The van der Waals surface area contributed by atoms with Crippen LogP contribution in [0, 0.1) is 0 Å². The van der Waals surface area contributed by atoms with Gasteiger partial charge in [-0.15, -0.1) is 11.8 Å². The molecular formula is C14H13ClN2OS. The molecule has 2 aromatic rings. The van der Waals surface area contributed by atoms with Crippen LogP contribution in [0.5, 0.6) is 0 Å². The number of hydrogen-bond acceptors (Lipinski definition) is 3. The van der Waals surface area contributed by atoms with Crippen molar-refractivity contribution in [3.63, 3.8) is 0 Å². The lowest BCUT2D eigenvalue weighted by Gasteiger charge is -2.08. The van der Waals surface area contributed by atoms with E-state index in [4.69, 9.17) is 17.3 Å². The molecule has 98 valence electrons. The van der Waals surface area contributed by atoms with Gasteiger partial charge in [0.15, 0.2) is 0 Å². The maximum absolute atomic E-state index is 12.2. The molecule has 0 fully saturated rings. The average molecular weight is 293 g/mol. The van der Waals surface area contributed by atoms with Gasteiger partial charge in [0.05, 0.1) is 10.6 Å². The monoisotopic (exact) mass is 292 g/mol. The summed E-state index contributed by atoms with van der Waals surface area (Å²) < 4.78 is 0. The second-order valence-corrected chi connectivity index (χ2v) is 5.21. The Balaban J connectivity index is 2.22. The fourth-order valence-electron chi connectivity index (χ4n) is 1.57. The van der Waals surface area contributed by atoms with E-state index in [0.29, 0.717) is 22.0 Å². The fraction of sp³-hybridized carbons (Fsp3) is 0.0714. The minimum Gasteiger partial charge on any atom is -0.399 e. The Morgan fingerprint density at radius 3 is 2.53 bits per heavy atom. The summed E-state index contributed by atoms with van der Waals surface area (Å²) in [5.74, 6) is -0.231. The molecule has 0 aliphatic rings. The molecule has 2 rings (SSSR count). The first kappa shape index (κ1) is 13.8. The summed E-state index contributed by atoms with van der Waals surface area (Å²) >= 11 is 7.61. The number of benzene rings is 2. The third-order valence-corrected chi connectivity index (χ3v) is 3.64. The molecule has 3 nitrogen and oxygen atoms in total. The van der Waals surface area contributed by atoms with Gasteiger partial charge in [0, 0.05) is 16.3 Å². The topological polar surface area (TPSA) is 55.1 Å². The Morgan fingerprint density at radius 1 is 1.21 bits per heavy atom. The Hall–Kier alpha value is -1.65. The number of amides is 1. The van der Waals surface area contributed by atoms with E-state index < -0.39 is 0 Å². The zero-order chi connectivity index (χ0) is 13.8. The lowest BCUT2D eigenvalue weighted by atomic mass is 10.2. The van der Waals surface area contributed by atoms with Crippen LogP contribution in [-0.4, -0.2) is 12.2 Å². The smallest absolute Gasteiger partial charge is 0.257 e. The van der Waals surface area contributed by atoms with Crippen molar-refractivity contribution in [1.29, 1.82) is 0 Å². The number of nitrogens with one attached hydrogen (secondary N) is 1. The standard InChI is InChI=1S/C14H13ClN2OS/c1-19-11-6-7-13(15)12(8-11)14(18)17-10-4-2-9(16)3-5-10/h2-8H,16H2,1H3,(H,17,18). The number of nitrogen functional groups attached to an aromatic ring is 1. The van der Waals surface area contributed by atoms with Gasteiger partial charge in [-0.2, -0.15) is 0 Å². The maximum Gasteiger partial charge on any atom is 0.257 e. The molecule has 19 heavy (non-hydrogen) atoms. The van der Waals surface area contributed by atoms with Gasteiger partial charge < -0.3 is 11.1 Å². The van der Waals surface area contributed by atoms with Crippen LogP contribution < -0.4 is 11.1 Å². The number of nitrogens with two attached hydrogens (primary N) is 1. The van der Waals surface area contributed by atoms with E-state index in [2.05, 4.69) is 5.32 Å². The minimum atomic E-state index is -0.231. The molecule has 0 radical (unpaired) electrons. The molecule has 0 atom stereocenters. The molecule has 0 heterocycles. The Kier molecular flexibility index (Phi) is 4.35. The number of rotatable bonds is 3. The Labute approximate surface area is 121 Å². The van der Waals surface area contributed by atoms with Crippen molar-refractivity contribution in [2.24, 2.45) is 0 Å². The van der Waals surface area contributed by atoms with Gasteiger partial charge in [0.2, 0.25) is 0 Å². The molecule has 0 bridgehead atoms. The minimum absolute atomic E-state index is 0.231. The summed E-state index contributed by atoms with van der Waals surface area (Å²) in [5.41, 5.74) is 7.40. The van der Waals surface area contributed by atoms with Gasteiger partial charge >= 0.3 is 0 Å². The highest BCUT2D eigenvalue weighted by molar-refractivity contribution is 7.98. The summed E-state index contributed by atoms with van der Waals surface area (Å²) in [6, 6.07) is 12.3. The zero-order valence-electron chi connectivity index (χ0n) is 10.3. The normalized spacial score (nSPS) is 10.2. The molecule has 3 N–H and O–H groups in total. The molecule has 0 saturated heterocycles. The molecule has 2 aromatic carbocycles. The summed E-state index contributed by atoms with van der Waals surface area (Å²) in [6.07, 6.45) is 1.95. The van der Waals surface area contributed by atoms with Crippen molar-refractivity contribution < 1.29 is 4.79 Å². The average Bonchev–Trinajstić information content (AvgIpc) is 2.42. The maximum atomic E-state index is 12.2. The van der Waals surface area contributed by atoms with Crippen LogP contribution >= 0.6 is 23.4 Å². The van der Waals surface area contributed by atoms with Crippen LogP contribution in [0.3, 0.4) is 0 Å². The Bertz CT molecular complexity index is 599. The van der Waals surface area contributed by atoms with Gasteiger partial charge in [-0.05, 0) is 48.7 Å². The SMILES string of the molecule is CSc1ccc(Cl)c(C(=O)Nc2ccc(N)cc2)c1.